The van der Waals surface area contributed by atoms with Crippen LogP contribution in [0.15, 0.2) is 40.3 Å². The number of aromatic nitrogens is 9. The van der Waals surface area contributed by atoms with Gasteiger partial charge in [-0.05, 0) is 36.4 Å². The predicted molar refractivity (Wildman–Crippen MR) is 87.8 cm³/mol. The first kappa shape index (κ1) is 15.4. The van der Waals surface area contributed by atoms with E-state index < -0.39 is 0 Å². The van der Waals surface area contributed by atoms with Crippen molar-refractivity contribution in [2.75, 3.05) is 0 Å². The maximum Gasteiger partial charge on any atom is 0.240 e. The summed E-state index contributed by atoms with van der Waals surface area (Å²) in [5.41, 5.74) is 2.06. The number of rotatable bonds is 5. The van der Waals surface area contributed by atoms with Crippen LogP contribution in [0, 0.1) is 6.92 Å². The standard InChI is InChI=1S/C14H13N9OS/c1-8-3-5-10(6-4-8)23-14(19-21-22-23)25-9(2)13-17-12(20-24-13)11-15-7-16-18-11/h3-7,9H,1-2H3,(H,15,16,18)/t9-/m0/s1. The second kappa shape index (κ2) is 6.43. The van der Waals surface area contributed by atoms with Gasteiger partial charge in [0, 0.05) is 0 Å². The van der Waals surface area contributed by atoms with Crippen LogP contribution < -0.4 is 0 Å². The Hall–Kier alpha value is -3.08. The van der Waals surface area contributed by atoms with E-state index in [0.717, 1.165) is 5.69 Å². The van der Waals surface area contributed by atoms with Crippen LogP contribution in [0.3, 0.4) is 0 Å². The molecule has 0 spiro atoms. The van der Waals surface area contributed by atoms with Gasteiger partial charge in [0.1, 0.15) is 6.33 Å². The van der Waals surface area contributed by atoms with Gasteiger partial charge in [-0.1, -0.05) is 34.6 Å². The van der Waals surface area contributed by atoms with Gasteiger partial charge < -0.3 is 4.52 Å². The average Bonchev–Trinajstić information content (AvgIpc) is 3.36. The van der Waals surface area contributed by atoms with Crippen molar-refractivity contribution in [2.24, 2.45) is 0 Å². The average molecular weight is 355 g/mol. The van der Waals surface area contributed by atoms with Crippen molar-refractivity contribution >= 4 is 11.8 Å². The van der Waals surface area contributed by atoms with Crippen LogP contribution >= 0.6 is 11.8 Å². The van der Waals surface area contributed by atoms with Crippen molar-refractivity contribution in [1.82, 2.24) is 45.5 Å². The van der Waals surface area contributed by atoms with Gasteiger partial charge >= 0.3 is 0 Å². The summed E-state index contributed by atoms with van der Waals surface area (Å²) in [6.45, 7) is 3.97. The van der Waals surface area contributed by atoms with Crippen LogP contribution in [-0.2, 0) is 0 Å². The molecule has 4 aromatic rings. The molecule has 0 fully saturated rings. The minimum Gasteiger partial charge on any atom is -0.338 e. The fraction of sp³-hybridized carbons (Fsp3) is 0.214. The molecule has 4 rings (SSSR count). The molecule has 11 heteroatoms. The molecule has 1 N–H and O–H groups in total. The van der Waals surface area contributed by atoms with E-state index in [1.54, 1.807) is 4.68 Å². The maximum atomic E-state index is 5.31. The highest BCUT2D eigenvalue weighted by Crippen LogP contribution is 2.33. The number of nitrogens with zero attached hydrogens (tertiary/aromatic N) is 8. The monoisotopic (exact) mass is 355 g/mol. The number of tetrazole rings is 1. The van der Waals surface area contributed by atoms with Crippen LogP contribution in [0.2, 0.25) is 0 Å². The molecule has 0 aliphatic rings. The SMILES string of the molecule is Cc1ccc(-n2nnnc2S[C@@H](C)c2nc(-c3ncn[nH]3)no2)cc1. The van der Waals surface area contributed by atoms with Gasteiger partial charge in [-0.15, -0.1) is 5.10 Å². The normalized spacial score (nSPS) is 12.4. The number of thioether (sulfide) groups is 1. The van der Waals surface area contributed by atoms with Gasteiger partial charge in [0.2, 0.25) is 16.9 Å². The second-order valence-corrected chi connectivity index (χ2v) is 6.57. The number of benzene rings is 1. The molecule has 0 unspecified atom stereocenters. The Labute approximate surface area is 146 Å². The molecule has 25 heavy (non-hydrogen) atoms. The number of hydrogen-bond acceptors (Lipinski definition) is 9. The van der Waals surface area contributed by atoms with E-state index in [2.05, 4.69) is 40.8 Å². The summed E-state index contributed by atoms with van der Waals surface area (Å²) in [4.78, 5) is 8.34. The number of nitrogens with one attached hydrogen (secondary N) is 1. The van der Waals surface area contributed by atoms with Crippen LogP contribution in [-0.4, -0.2) is 45.5 Å². The molecule has 3 aromatic heterocycles. The van der Waals surface area contributed by atoms with Crippen molar-refractivity contribution in [3.63, 3.8) is 0 Å². The number of aromatic amines is 1. The molecule has 1 aromatic carbocycles. The first-order chi connectivity index (χ1) is 12.2. The Morgan fingerprint density at radius 2 is 2.08 bits per heavy atom. The minimum atomic E-state index is -0.139. The summed E-state index contributed by atoms with van der Waals surface area (Å²) >= 11 is 1.42. The summed E-state index contributed by atoms with van der Waals surface area (Å²) in [5, 5.41) is 22.8. The van der Waals surface area contributed by atoms with Gasteiger partial charge in [0.05, 0.1) is 10.9 Å². The zero-order valence-corrected chi connectivity index (χ0v) is 14.2. The molecule has 3 heterocycles. The molecule has 0 bridgehead atoms. The number of aryl methyl sites for hydroxylation is 1. The zero-order chi connectivity index (χ0) is 17.2. The molecule has 126 valence electrons. The molecule has 0 aliphatic carbocycles. The van der Waals surface area contributed by atoms with Crippen LogP contribution in [0.4, 0.5) is 0 Å². The summed E-state index contributed by atoms with van der Waals surface area (Å²) in [5.74, 6) is 1.27. The smallest absolute Gasteiger partial charge is 0.240 e. The topological polar surface area (TPSA) is 124 Å². The Balaban J connectivity index is 1.55. The molecular weight excluding hydrogens is 342 g/mol. The summed E-state index contributed by atoms with van der Waals surface area (Å²) < 4.78 is 6.99. The molecule has 0 saturated heterocycles. The highest BCUT2D eigenvalue weighted by Gasteiger charge is 2.21. The van der Waals surface area contributed by atoms with Gasteiger partial charge in [-0.2, -0.15) is 14.8 Å². The van der Waals surface area contributed by atoms with Crippen LogP contribution in [0.25, 0.3) is 17.3 Å². The molecular formula is C14H13N9OS. The third kappa shape index (κ3) is 3.13. The van der Waals surface area contributed by atoms with Crippen molar-refractivity contribution in [2.45, 2.75) is 24.3 Å². The molecule has 0 radical (unpaired) electrons. The van der Waals surface area contributed by atoms with Crippen molar-refractivity contribution in [3.8, 4) is 17.3 Å². The van der Waals surface area contributed by atoms with E-state index in [9.17, 15) is 0 Å². The summed E-state index contributed by atoms with van der Waals surface area (Å²) in [7, 11) is 0. The molecule has 0 amide bonds. The van der Waals surface area contributed by atoms with E-state index in [4.69, 9.17) is 4.52 Å². The van der Waals surface area contributed by atoms with Crippen molar-refractivity contribution in [3.05, 3.63) is 42.0 Å². The lowest BCUT2D eigenvalue weighted by molar-refractivity contribution is 0.380. The fourth-order valence-electron chi connectivity index (χ4n) is 2.12. The second-order valence-electron chi connectivity index (χ2n) is 5.26. The Kier molecular flexibility index (Phi) is 3.98. The third-order valence-electron chi connectivity index (χ3n) is 3.42. The molecule has 0 aliphatic heterocycles. The van der Waals surface area contributed by atoms with Gasteiger partial charge in [-0.3, -0.25) is 5.10 Å². The van der Waals surface area contributed by atoms with E-state index in [-0.39, 0.29) is 5.25 Å². The zero-order valence-electron chi connectivity index (χ0n) is 13.4. The van der Waals surface area contributed by atoms with Crippen LogP contribution in [0.1, 0.15) is 23.6 Å². The van der Waals surface area contributed by atoms with E-state index in [0.29, 0.717) is 22.7 Å². The van der Waals surface area contributed by atoms with E-state index in [1.807, 2.05) is 38.1 Å². The highest BCUT2D eigenvalue weighted by molar-refractivity contribution is 7.99. The highest BCUT2D eigenvalue weighted by atomic mass is 32.2. The Morgan fingerprint density at radius 3 is 2.84 bits per heavy atom. The van der Waals surface area contributed by atoms with Crippen molar-refractivity contribution in [1.29, 1.82) is 0 Å². The quantitative estimate of drug-likeness (QED) is 0.535. The first-order valence-electron chi connectivity index (χ1n) is 7.42. The van der Waals surface area contributed by atoms with Crippen LogP contribution in [0.5, 0.6) is 0 Å². The molecule has 1 atom stereocenters. The van der Waals surface area contributed by atoms with Gasteiger partial charge in [0.25, 0.3) is 0 Å². The maximum absolute atomic E-state index is 5.31. The Morgan fingerprint density at radius 1 is 1.24 bits per heavy atom. The lowest BCUT2D eigenvalue weighted by Gasteiger charge is -2.07. The third-order valence-corrected chi connectivity index (χ3v) is 4.44. The summed E-state index contributed by atoms with van der Waals surface area (Å²) in [6, 6.07) is 7.96. The van der Waals surface area contributed by atoms with Crippen molar-refractivity contribution < 1.29 is 4.52 Å². The molecule has 10 nitrogen and oxygen atoms in total. The van der Waals surface area contributed by atoms with E-state index in [1.165, 1.54) is 23.7 Å². The molecule has 0 saturated carbocycles. The Bertz CT molecular complexity index is 961. The van der Waals surface area contributed by atoms with Gasteiger partial charge in [0.15, 0.2) is 5.82 Å². The number of H-pyrrole nitrogens is 1. The van der Waals surface area contributed by atoms with Gasteiger partial charge in [-0.25, -0.2) is 4.98 Å². The lowest BCUT2D eigenvalue weighted by atomic mass is 10.2. The first-order valence-corrected chi connectivity index (χ1v) is 8.30. The van der Waals surface area contributed by atoms with E-state index >= 15 is 0 Å². The summed E-state index contributed by atoms with van der Waals surface area (Å²) in [6.07, 6.45) is 1.39. The largest absolute Gasteiger partial charge is 0.338 e. The predicted octanol–water partition coefficient (Wildman–Crippen LogP) is 1.99. The lowest BCUT2D eigenvalue weighted by Crippen LogP contribution is -2.00. The number of hydrogen-bond donors (Lipinski definition) is 1. The fourth-order valence-corrected chi connectivity index (χ4v) is 2.96. The minimum absolute atomic E-state index is 0.139.